The molecule has 1 amide bonds. The van der Waals surface area contributed by atoms with Gasteiger partial charge in [0.05, 0.1) is 13.2 Å². The van der Waals surface area contributed by atoms with Crippen LogP contribution in [0.25, 0.3) is 0 Å². The maximum atomic E-state index is 13.0. The lowest BCUT2D eigenvalue weighted by Crippen LogP contribution is -2.41. The van der Waals surface area contributed by atoms with Gasteiger partial charge in [-0.3, -0.25) is 4.79 Å². The van der Waals surface area contributed by atoms with Crippen molar-refractivity contribution >= 4 is 32.4 Å². The number of carbonyl (C=O) groups excluding carboxylic acids is 1. The van der Waals surface area contributed by atoms with Crippen LogP contribution in [0.4, 0.5) is 5.13 Å². The zero-order valence-corrected chi connectivity index (χ0v) is 19.4. The molecule has 1 aromatic heterocycles. The summed E-state index contributed by atoms with van der Waals surface area (Å²) in [5.41, 5.74) is -0.524. The van der Waals surface area contributed by atoms with Gasteiger partial charge in [-0.1, -0.05) is 32.1 Å². The fourth-order valence-corrected chi connectivity index (χ4v) is 5.08. The molecule has 0 aliphatic carbocycles. The summed E-state index contributed by atoms with van der Waals surface area (Å²) < 4.78 is 39.7. The van der Waals surface area contributed by atoms with Crippen molar-refractivity contribution in [1.29, 1.82) is 0 Å². The van der Waals surface area contributed by atoms with Gasteiger partial charge in [0.2, 0.25) is 15.4 Å². The van der Waals surface area contributed by atoms with Crippen LogP contribution >= 0.6 is 11.3 Å². The molecule has 1 aliphatic rings. The average molecular weight is 455 g/mol. The number of ether oxygens (including phenoxy) is 2. The summed E-state index contributed by atoms with van der Waals surface area (Å²) in [7, 11) is -2.43. The Bertz CT molecular complexity index is 1060. The third-order valence-electron chi connectivity index (χ3n) is 4.51. The Morgan fingerprint density at radius 2 is 2.00 bits per heavy atom. The maximum absolute atomic E-state index is 13.0. The molecule has 2 aromatic rings. The quantitative estimate of drug-likeness (QED) is 0.666. The molecule has 1 atom stereocenters. The summed E-state index contributed by atoms with van der Waals surface area (Å²) in [6.07, 6.45) is 0.415. The maximum Gasteiger partial charge on any atom is 0.270 e. The van der Waals surface area contributed by atoms with Gasteiger partial charge in [0.25, 0.3) is 10.0 Å². The average Bonchev–Trinajstić information content (AvgIpc) is 3.09. The van der Waals surface area contributed by atoms with E-state index in [0.717, 1.165) is 11.3 Å². The van der Waals surface area contributed by atoms with E-state index >= 15 is 0 Å². The number of sulfonamides is 1. The molecule has 9 nitrogen and oxygen atoms in total. The molecule has 164 valence electrons. The number of aromatic nitrogens is 2. The van der Waals surface area contributed by atoms with Crippen molar-refractivity contribution in [2.45, 2.75) is 57.0 Å². The van der Waals surface area contributed by atoms with Crippen molar-refractivity contribution in [2.75, 3.05) is 12.4 Å². The second kappa shape index (κ2) is 7.78. The van der Waals surface area contributed by atoms with Crippen LogP contribution in [0.2, 0.25) is 0 Å². The van der Waals surface area contributed by atoms with Gasteiger partial charge in [0, 0.05) is 17.4 Å². The number of nitrogens with zero attached hydrogens (tertiary/aromatic N) is 2. The summed E-state index contributed by atoms with van der Waals surface area (Å²) >= 11 is 0.801. The van der Waals surface area contributed by atoms with Crippen molar-refractivity contribution in [3.8, 4) is 11.5 Å². The van der Waals surface area contributed by atoms with Crippen LogP contribution in [-0.4, -0.2) is 37.2 Å². The zero-order chi connectivity index (χ0) is 22.3. The Hall–Kier alpha value is -2.24. The zero-order valence-electron chi connectivity index (χ0n) is 17.8. The molecular weight excluding hydrogens is 428 g/mol. The summed E-state index contributed by atoms with van der Waals surface area (Å²) in [5, 5.41) is 10.3. The molecule has 0 fully saturated rings. The lowest BCUT2D eigenvalue weighted by atomic mass is 9.90. The Kier molecular flexibility index (Phi) is 5.82. The lowest BCUT2D eigenvalue weighted by molar-refractivity contribution is -0.123. The fraction of sp³-hybridized carbons (Fsp3) is 0.526. The van der Waals surface area contributed by atoms with Crippen molar-refractivity contribution in [2.24, 2.45) is 5.41 Å². The van der Waals surface area contributed by atoms with E-state index in [-0.39, 0.29) is 15.4 Å². The van der Waals surface area contributed by atoms with Crippen LogP contribution < -0.4 is 19.5 Å². The third kappa shape index (κ3) is 4.90. The van der Waals surface area contributed by atoms with E-state index < -0.39 is 27.1 Å². The van der Waals surface area contributed by atoms with E-state index in [1.165, 1.54) is 0 Å². The van der Waals surface area contributed by atoms with Crippen molar-refractivity contribution in [1.82, 2.24) is 14.9 Å². The minimum atomic E-state index is -3.98. The summed E-state index contributed by atoms with van der Waals surface area (Å²) in [6.45, 7) is 9.04. The number of amides is 1. The SMILES string of the molecule is COc1ccc2c(c1)C(NS(=O)(=O)c1nnc(NC(=O)C(C)(C)C)s1)CC(C)(C)O2. The molecule has 0 radical (unpaired) electrons. The van der Waals surface area contributed by atoms with Gasteiger partial charge in [0.1, 0.15) is 17.1 Å². The molecule has 1 unspecified atom stereocenters. The Balaban J connectivity index is 1.86. The number of rotatable bonds is 5. The highest BCUT2D eigenvalue weighted by Gasteiger charge is 2.37. The van der Waals surface area contributed by atoms with Gasteiger partial charge in [-0.05, 0) is 32.0 Å². The molecular formula is C19H26N4O5S2. The second-order valence-corrected chi connectivity index (χ2v) is 11.6. The Morgan fingerprint density at radius 3 is 2.63 bits per heavy atom. The van der Waals surface area contributed by atoms with E-state index in [1.54, 1.807) is 46.1 Å². The molecule has 0 saturated carbocycles. The highest BCUT2D eigenvalue weighted by molar-refractivity contribution is 7.91. The molecule has 3 rings (SSSR count). The molecule has 2 N–H and O–H groups in total. The van der Waals surface area contributed by atoms with Gasteiger partial charge in [-0.2, -0.15) is 0 Å². The Labute approximate surface area is 180 Å². The first-order chi connectivity index (χ1) is 13.8. The molecule has 2 heterocycles. The summed E-state index contributed by atoms with van der Waals surface area (Å²) in [4.78, 5) is 12.1. The smallest absolute Gasteiger partial charge is 0.270 e. The standard InChI is InChI=1S/C19H26N4O5S2/c1-18(2,3)15(24)20-16-21-22-17(29-16)30(25,26)23-13-10-19(4,5)28-14-8-7-11(27-6)9-12(13)14/h7-9,13,23H,10H2,1-6H3,(H,20,21,24). The Morgan fingerprint density at radius 1 is 1.30 bits per heavy atom. The van der Waals surface area contributed by atoms with E-state index in [1.807, 2.05) is 13.8 Å². The second-order valence-electron chi connectivity index (χ2n) is 8.72. The van der Waals surface area contributed by atoms with Crippen LogP contribution in [0, 0.1) is 5.41 Å². The number of methoxy groups -OCH3 is 1. The fourth-order valence-electron chi connectivity index (χ4n) is 2.96. The number of anilines is 1. The predicted octanol–water partition coefficient (Wildman–Crippen LogP) is 3.11. The predicted molar refractivity (Wildman–Crippen MR) is 113 cm³/mol. The number of fused-ring (bicyclic) bond motifs is 1. The van der Waals surface area contributed by atoms with Gasteiger partial charge in [0.15, 0.2) is 0 Å². The van der Waals surface area contributed by atoms with E-state index in [9.17, 15) is 13.2 Å². The van der Waals surface area contributed by atoms with Gasteiger partial charge in [-0.25, -0.2) is 13.1 Å². The molecule has 1 aromatic carbocycles. The number of benzene rings is 1. The van der Waals surface area contributed by atoms with Gasteiger partial charge < -0.3 is 14.8 Å². The van der Waals surface area contributed by atoms with Crippen LogP contribution in [0.3, 0.4) is 0 Å². The topological polar surface area (TPSA) is 120 Å². The van der Waals surface area contributed by atoms with Gasteiger partial charge >= 0.3 is 0 Å². The first-order valence-corrected chi connectivity index (χ1v) is 11.6. The van der Waals surface area contributed by atoms with Crippen LogP contribution in [-0.2, 0) is 14.8 Å². The number of nitrogens with one attached hydrogen (secondary N) is 2. The lowest BCUT2D eigenvalue weighted by Gasteiger charge is -2.37. The molecule has 0 spiro atoms. The van der Waals surface area contributed by atoms with Crippen molar-refractivity contribution < 1.29 is 22.7 Å². The van der Waals surface area contributed by atoms with E-state index in [0.29, 0.717) is 23.5 Å². The molecule has 0 bridgehead atoms. The van der Waals surface area contributed by atoms with E-state index in [2.05, 4.69) is 20.2 Å². The summed E-state index contributed by atoms with van der Waals surface area (Å²) in [6, 6.07) is 4.75. The third-order valence-corrected chi connectivity index (χ3v) is 7.19. The monoisotopic (exact) mass is 454 g/mol. The number of hydrogen-bond acceptors (Lipinski definition) is 8. The van der Waals surface area contributed by atoms with Crippen LogP contribution in [0.1, 0.15) is 52.6 Å². The van der Waals surface area contributed by atoms with E-state index in [4.69, 9.17) is 9.47 Å². The van der Waals surface area contributed by atoms with Crippen LogP contribution in [0.5, 0.6) is 11.5 Å². The molecule has 30 heavy (non-hydrogen) atoms. The first-order valence-electron chi connectivity index (χ1n) is 9.35. The number of carbonyl (C=O) groups is 1. The minimum Gasteiger partial charge on any atom is -0.497 e. The van der Waals surface area contributed by atoms with Crippen molar-refractivity contribution in [3.05, 3.63) is 23.8 Å². The molecule has 0 saturated heterocycles. The van der Waals surface area contributed by atoms with Crippen molar-refractivity contribution in [3.63, 3.8) is 0 Å². The first kappa shape index (κ1) is 22.4. The summed E-state index contributed by atoms with van der Waals surface area (Å²) in [5.74, 6) is 0.919. The number of hydrogen-bond donors (Lipinski definition) is 2. The van der Waals surface area contributed by atoms with Crippen LogP contribution in [0.15, 0.2) is 22.5 Å². The van der Waals surface area contributed by atoms with Gasteiger partial charge in [-0.15, -0.1) is 10.2 Å². The molecule has 11 heteroatoms. The normalized spacial score (nSPS) is 18.3. The highest BCUT2D eigenvalue weighted by atomic mass is 32.2. The molecule has 1 aliphatic heterocycles. The highest BCUT2D eigenvalue weighted by Crippen LogP contribution is 2.42. The minimum absolute atomic E-state index is 0.129. The largest absolute Gasteiger partial charge is 0.497 e.